The predicted octanol–water partition coefficient (Wildman–Crippen LogP) is 4.52. The lowest BCUT2D eigenvalue weighted by Crippen LogP contribution is -1.88. The largest absolute Gasteiger partial charge is 0.248 e. The van der Waals surface area contributed by atoms with Gasteiger partial charge in [-0.25, -0.2) is 4.98 Å². The maximum atomic E-state index is 4.75. The Balaban J connectivity index is 2.20. The summed E-state index contributed by atoms with van der Waals surface area (Å²) in [4.78, 5) is 4.75. The van der Waals surface area contributed by atoms with Crippen molar-refractivity contribution >= 4 is 10.9 Å². The number of hydrogen-bond donors (Lipinski definition) is 0. The molecule has 0 atom stereocenters. The minimum absolute atomic E-state index is 1.03. The Labute approximate surface area is 107 Å². The Hall–Kier alpha value is -2.15. The average Bonchev–Trinajstić information content (AvgIpc) is 2.41. The molecule has 0 saturated heterocycles. The predicted molar refractivity (Wildman–Crippen MR) is 76.7 cm³/mol. The summed E-state index contributed by atoms with van der Waals surface area (Å²) in [6.07, 6.45) is 0. The molecular weight excluding hydrogens is 218 g/mol. The van der Waals surface area contributed by atoms with Crippen LogP contribution in [-0.2, 0) is 0 Å². The van der Waals surface area contributed by atoms with Gasteiger partial charge in [-0.3, -0.25) is 0 Å². The topological polar surface area (TPSA) is 12.9 Å². The molecule has 0 bridgehead atoms. The highest BCUT2D eigenvalue weighted by Gasteiger charge is 2.02. The molecule has 0 fully saturated rings. The molecule has 18 heavy (non-hydrogen) atoms. The van der Waals surface area contributed by atoms with Crippen molar-refractivity contribution in [1.82, 2.24) is 4.98 Å². The van der Waals surface area contributed by atoms with Crippen molar-refractivity contribution in [2.24, 2.45) is 0 Å². The number of pyridine rings is 1. The molecule has 1 heterocycles. The number of hydrogen-bond acceptors (Lipinski definition) is 1. The van der Waals surface area contributed by atoms with E-state index < -0.39 is 0 Å². The average molecular weight is 233 g/mol. The molecule has 1 aromatic heterocycles. The van der Waals surface area contributed by atoms with Crippen LogP contribution in [0.4, 0.5) is 0 Å². The molecule has 1 nitrogen and oxygen atoms in total. The number of nitrogens with zero attached hydrogens (tertiary/aromatic N) is 1. The Kier molecular flexibility index (Phi) is 2.60. The van der Waals surface area contributed by atoms with Gasteiger partial charge in [0.15, 0.2) is 0 Å². The van der Waals surface area contributed by atoms with Gasteiger partial charge < -0.3 is 0 Å². The highest BCUT2D eigenvalue weighted by Crippen LogP contribution is 2.22. The molecule has 0 unspecified atom stereocenters. The van der Waals surface area contributed by atoms with Crippen LogP contribution < -0.4 is 0 Å². The van der Waals surface area contributed by atoms with Gasteiger partial charge in [0, 0.05) is 10.9 Å². The maximum Gasteiger partial charge on any atom is 0.0712 e. The molecule has 0 aliphatic heterocycles. The summed E-state index contributed by atoms with van der Waals surface area (Å²) in [6.45, 7) is 4.27. The molecule has 0 spiro atoms. The quantitative estimate of drug-likeness (QED) is 0.602. The van der Waals surface area contributed by atoms with Crippen molar-refractivity contribution in [3.05, 3.63) is 65.7 Å². The molecule has 0 radical (unpaired) electrons. The number of fused-ring (bicyclic) bond motifs is 1. The van der Waals surface area contributed by atoms with Crippen LogP contribution in [0.25, 0.3) is 22.2 Å². The van der Waals surface area contributed by atoms with Crippen molar-refractivity contribution in [2.45, 2.75) is 13.8 Å². The van der Waals surface area contributed by atoms with Gasteiger partial charge in [0.2, 0.25) is 0 Å². The molecule has 0 aliphatic rings. The minimum atomic E-state index is 1.03. The van der Waals surface area contributed by atoms with Crippen LogP contribution in [0.1, 0.15) is 11.1 Å². The van der Waals surface area contributed by atoms with E-state index in [2.05, 4.69) is 50.2 Å². The van der Waals surface area contributed by atoms with Crippen LogP contribution in [-0.4, -0.2) is 4.98 Å². The first-order chi connectivity index (χ1) is 8.74. The summed E-state index contributed by atoms with van der Waals surface area (Å²) in [5, 5.41) is 1.21. The second-order valence-corrected chi connectivity index (χ2v) is 4.69. The van der Waals surface area contributed by atoms with Crippen molar-refractivity contribution < 1.29 is 0 Å². The van der Waals surface area contributed by atoms with E-state index in [0.717, 1.165) is 16.8 Å². The second-order valence-electron chi connectivity index (χ2n) is 4.69. The van der Waals surface area contributed by atoms with E-state index in [9.17, 15) is 0 Å². The first kappa shape index (κ1) is 11.0. The zero-order chi connectivity index (χ0) is 12.5. The van der Waals surface area contributed by atoms with Gasteiger partial charge in [0.05, 0.1) is 11.2 Å². The Morgan fingerprint density at radius 2 is 1.50 bits per heavy atom. The standard InChI is InChI=1S/C17H15N/c1-12-10-15-8-9-16(14-6-4-3-5-7-14)18-17(15)11-13(12)2/h3-11H,1-2H3. The number of aryl methyl sites for hydroxylation is 2. The van der Waals surface area contributed by atoms with Crippen LogP contribution in [0.5, 0.6) is 0 Å². The van der Waals surface area contributed by atoms with Crippen LogP contribution >= 0.6 is 0 Å². The minimum Gasteiger partial charge on any atom is -0.248 e. The lowest BCUT2D eigenvalue weighted by atomic mass is 10.0. The fourth-order valence-electron chi connectivity index (χ4n) is 2.16. The van der Waals surface area contributed by atoms with E-state index in [-0.39, 0.29) is 0 Å². The highest BCUT2D eigenvalue weighted by atomic mass is 14.7. The highest BCUT2D eigenvalue weighted by molar-refractivity contribution is 5.83. The molecule has 0 aliphatic carbocycles. The van der Waals surface area contributed by atoms with Crippen molar-refractivity contribution in [2.75, 3.05) is 0 Å². The summed E-state index contributed by atoms with van der Waals surface area (Å²) >= 11 is 0. The Morgan fingerprint density at radius 3 is 2.28 bits per heavy atom. The zero-order valence-corrected chi connectivity index (χ0v) is 10.6. The van der Waals surface area contributed by atoms with E-state index in [1.54, 1.807) is 0 Å². The monoisotopic (exact) mass is 233 g/mol. The van der Waals surface area contributed by atoms with E-state index in [1.165, 1.54) is 16.5 Å². The summed E-state index contributed by atoms with van der Waals surface area (Å²) in [7, 11) is 0. The molecular formula is C17H15N. The number of rotatable bonds is 1. The first-order valence-electron chi connectivity index (χ1n) is 6.17. The summed E-state index contributed by atoms with van der Waals surface area (Å²) in [5.41, 5.74) is 5.88. The third-order valence-electron chi connectivity index (χ3n) is 3.37. The molecule has 3 aromatic rings. The van der Waals surface area contributed by atoms with Crippen LogP contribution in [0.15, 0.2) is 54.6 Å². The zero-order valence-electron chi connectivity index (χ0n) is 10.6. The molecule has 1 heteroatoms. The number of aromatic nitrogens is 1. The fraction of sp³-hybridized carbons (Fsp3) is 0.118. The molecule has 3 rings (SSSR count). The molecule has 88 valence electrons. The summed E-state index contributed by atoms with van der Waals surface area (Å²) in [6, 6.07) is 18.9. The Bertz CT molecular complexity index is 699. The SMILES string of the molecule is Cc1cc2ccc(-c3ccccc3)nc2cc1C. The normalized spacial score (nSPS) is 10.8. The first-order valence-corrected chi connectivity index (χ1v) is 6.17. The van der Waals surface area contributed by atoms with Gasteiger partial charge in [-0.1, -0.05) is 36.4 Å². The molecule has 0 N–H and O–H groups in total. The van der Waals surface area contributed by atoms with Gasteiger partial charge in [-0.15, -0.1) is 0 Å². The van der Waals surface area contributed by atoms with Gasteiger partial charge in [0.1, 0.15) is 0 Å². The van der Waals surface area contributed by atoms with Gasteiger partial charge in [0.25, 0.3) is 0 Å². The van der Waals surface area contributed by atoms with Crippen LogP contribution in [0.2, 0.25) is 0 Å². The van der Waals surface area contributed by atoms with Crippen LogP contribution in [0, 0.1) is 13.8 Å². The van der Waals surface area contributed by atoms with E-state index in [4.69, 9.17) is 4.98 Å². The van der Waals surface area contributed by atoms with Gasteiger partial charge in [-0.2, -0.15) is 0 Å². The van der Waals surface area contributed by atoms with E-state index in [1.807, 2.05) is 18.2 Å². The smallest absolute Gasteiger partial charge is 0.0712 e. The van der Waals surface area contributed by atoms with Gasteiger partial charge in [-0.05, 0) is 43.2 Å². The number of benzene rings is 2. The molecule has 0 saturated carbocycles. The van der Waals surface area contributed by atoms with Gasteiger partial charge >= 0.3 is 0 Å². The van der Waals surface area contributed by atoms with Crippen molar-refractivity contribution in [3.63, 3.8) is 0 Å². The van der Waals surface area contributed by atoms with E-state index >= 15 is 0 Å². The Morgan fingerprint density at radius 1 is 0.778 bits per heavy atom. The third-order valence-corrected chi connectivity index (χ3v) is 3.37. The van der Waals surface area contributed by atoms with Crippen molar-refractivity contribution in [1.29, 1.82) is 0 Å². The fourth-order valence-corrected chi connectivity index (χ4v) is 2.16. The van der Waals surface area contributed by atoms with E-state index in [0.29, 0.717) is 0 Å². The summed E-state index contributed by atoms with van der Waals surface area (Å²) < 4.78 is 0. The maximum absolute atomic E-state index is 4.75. The summed E-state index contributed by atoms with van der Waals surface area (Å²) in [5.74, 6) is 0. The lowest BCUT2D eigenvalue weighted by Gasteiger charge is -2.06. The molecule has 0 amide bonds. The lowest BCUT2D eigenvalue weighted by molar-refractivity contribution is 1.33. The van der Waals surface area contributed by atoms with Crippen molar-refractivity contribution in [3.8, 4) is 11.3 Å². The molecule has 2 aromatic carbocycles. The van der Waals surface area contributed by atoms with Crippen LogP contribution in [0.3, 0.4) is 0 Å². The second kappa shape index (κ2) is 4.26. The third kappa shape index (κ3) is 1.88.